The largest absolute Gasteiger partial charge is 0.426 e. The van der Waals surface area contributed by atoms with E-state index < -0.39 is 5.97 Å². The first-order chi connectivity index (χ1) is 15.8. The molecule has 0 aliphatic carbocycles. The third-order valence-corrected chi connectivity index (χ3v) is 5.59. The summed E-state index contributed by atoms with van der Waals surface area (Å²) >= 11 is 6.23. The molecule has 2 aromatic carbocycles. The molecule has 1 saturated heterocycles. The average molecular weight is 470 g/mol. The van der Waals surface area contributed by atoms with Gasteiger partial charge in [0.15, 0.2) is 0 Å². The number of rotatable bonds is 7. The lowest BCUT2D eigenvalue weighted by molar-refractivity contribution is -0.131. The van der Waals surface area contributed by atoms with Crippen LogP contribution in [0.1, 0.15) is 42.6 Å². The van der Waals surface area contributed by atoms with Crippen LogP contribution >= 0.6 is 11.6 Å². The minimum absolute atomic E-state index is 0.00540. The molecule has 0 saturated carbocycles. The van der Waals surface area contributed by atoms with Gasteiger partial charge in [-0.25, -0.2) is 0 Å². The number of hydrogen-bond donors (Lipinski definition) is 2. The Balaban J connectivity index is 1.58. The van der Waals surface area contributed by atoms with Gasteiger partial charge in [0.05, 0.1) is 16.3 Å². The summed E-state index contributed by atoms with van der Waals surface area (Å²) in [5, 5.41) is 5.77. The minimum atomic E-state index is -0.572. The fourth-order valence-corrected chi connectivity index (χ4v) is 3.89. The van der Waals surface area contributed by atoms with E-state index >= 15 is 0 Å². The van der Waals surface area contributed by atoms with E-state index in [0.29, 0.717) is 0 Å². The lowest BCUT2D eigenvalue weighted by atomic mass is 10.0. The molecule has 3 rings (SSSR count). The maximum atomic E-state index is 12.9. The zero-order valence-corrected chi connectivity index (χ0v) is 19.5. The Kier molecular flexibility index (Phi) is 8.63. The predicted molar refractivity (Wildman–Crippen MR) is 129 cm³/mol. The van der Waals surface area contributed by atoms with Crippen molar-refractivity contribution in [2.45, 2.75) is 32.7 Å². The summed E-state index contributed by atoms with van der Waals surface area (Å²) in [7, 11) is 0. The van der Waals surface area contributed by atoms with Crippen LogP contribution in [-0.4, -0.2) is 48.4 Å². The summed E-state index contributed by atoms with van der Waals surface area (Å²) in [5.41, 5.74) is 1.60. The molecule has 1 aliphatic heterocycles. The second kappa shape index (κ2) is 11.6. The molecule has 0 spiro atoms. The van der Waals surface area contributed by atoms with Crippen molar-refractivity contribution < 1.29 is 19.1 Å². The Labute approximate surface area is 198 Å². The van der Waals surface area contributed by atoms with E-state index in [0.717, 1.165) is 32.5 Å². The average Bonchev–Trinajstić information content (AvgIpc) is 2.77. The summed E-state index contributed by atoms with van der Waals surface area (Å²) in [6.45, 7) is 5.17. The maximum absolute atomic E-state index is 12.9. The van der Waals surface area contributed by atoms with Gasteiger partial charge in [0, 0.05) is 45.6 Å². The number of hydrogen-bond acceptors (Lipinski definition) is 5. The fourth-order valence-electron chi connectivity index (χ4n) is 3.68. The number of carbonyl (C=O) groups excluding carboxylic acids is 3. The quantitative estimate of drug-likeness (QED) is 0.470. The van der Waals surface area contributed by atoms with Gasteiger partial charge in [0.25, 0.3) is 5.91 Å². The highest BCUT2D eigenvalue weighted by atomic mass is 35.5. The topological polar surface area (TPSA) is 87.7 Å². The first-order valence-electron chi connectivity index (χ1n) is 10.9. The number of ether oxygens (including phenoxy) is 1. The molecule has 0 aromatic heterocycles. The molecule has 33 heavy (non-hydrogen) atoms. The molecule has 0 unspecified atom stereocenters. The highest BCUT2D eigenvalue weighted by Gasteiger charge is 2.24. The third-order valence-electron chi connectivity index (χ3n) is 5.27. The van der Waals surface area contributed by atoms with Crippen molar-refractivity contribution in [2.24, 2.45) is 0 Å². The third kappa shape index (κ3) is 7.44. The van der Waals surface area contributed by atoms with Gasteiger partial charge in [-0.3, -0.25) is 19.3 Å². The van der Waals surface area contributed by atoms with Crippen LogP contribution in [0, 0.1) is 0 Å². The summed E-state index contributed by atoms with van der Waals surface area (Å²) in [5.74, 6) is -1.22. The van der Waals surface area contributed by atoms with Crippen LogP contribution in [0.15, 0.2) is 48.5 Å². The van der Waals surface area contributed by atoms with Crippen molar-refractivity contribution >= 4 is 41.1 Å². The van der Waals surface area contributed by atoms with Crippen molar-refractivity contribution in [3.05, 3.63) is 64.7 Å². The van der Waals surface area contributed by atoms with E-state index in [1.54, 1.807) is 0 Å². The molecule has 1 heterocycles. The fraction of sp³-hybridized carbons (Fsp3) is 0.320. The predicted octanol–water partition coefficient (Wildman–Crippen LogP) is 4.13. The molecule has 0 atom stereocenters. The molecule has 8 heteroatoms. The Hall–Kier alpha value is -3.16. The van der Waals surface area contributed by atoms with Crippen LogP contribution in [0.4, 0.5) is 5.69 Å². The summed E-state index contributed by atoms with van der Waals surface area (Å²) in [6.07, 6.45) is 5.88. The molecule has 1 fully saturated rings. The molecule has 7 nitrogen and oxygen atoms in total. The minimum Gasteiger partial charge on any atom is -0.426 e. The second-order valence-corrected chi connectivity index (χ2v) is 8.37. The molecule has 2 amide bonds. The first-order valence-corrected chi connectivity index (χ1v) is 11.2. The van der Waals surface area contributed by atoms with Gasteiger partial charge in [-0.1, -0.05) is 54.1 Å². The van der Waals surface area contributed by atoms with Crippen LogP contribution in [0.25, 0.3) is 6.08 Å². The van der Waals surface area contributed by atoms with E-state index in [4.69, 9.17) is 16.3 Å². The van der Waals surface area contributed by atoms with Gasteiger partial charge in [-0.2, -0.15) is 0 Å². The Bertz CT molecular complexity index is 1030. The van der Waals surface area contributed by atoms with Gasteiger partial charge in [0.1, 0.15) is 5.75 Å². The number of halogens is 1. The Morgan fingerprint density at radius 2 is 1.82 bits per heavy atom. The van der Waals surface area contributed by atoms with Crippen molar-refractivity contribution in [3.63, 3.8) is 0 Å². The molecular formula is C25H28ClN3O4. The molecule has 1 aliphatic rings. The van der Waals surface area contributed by atoms with E-state index in [-0.39, 0.29) is 39.9 Å². The molecule has 0 bridgehead atoms. The zero-order chi connectivity index (χ0) is 23.8. The smallest absolute Gasteiger partial charge is 0.308 e. The SMILES string of the molecule is CC(=O)Nc1cc(OC(C)=O)c(C(=O)NC2CCN(CC=Cc3ccccc3)CC2)cc1Cl. The number of piperidine rings is 1. The van der Waals surface area contributed by atoms with Gasteiger partial charge < -0.3 is 15.4 Å². The van der Waals surface area contributed by atoms with Gasteiger partial charge in [-0.15, -0.1) is 0 Å². The van der Waals surface area contributed by atoms with Gasteiger partial charge >= 0.3 is 5.97 Å². The van der Waals surface area contributed by atoms with Gasteiger partial charge in [0.2, 0.25) is 5.91 Å². The molecule has 174 valence electrons. The van der Waals surface area contributed by atoms with Crippen LogP contribution in [0.2, 0.25) is 5.02 Å². The number of amides is 2. The maximum Gasteiger partial charge on any atom is 0.308 e. The molecule has 2 N–H and O–H groups in total. The van der Waals surface area contributed by atoms with Crippen LogP contribution in [-0.2, 0) is 9.59 Å². The summed E-state index contributed by atoms with van der Waals surface area (Å²) in [6, 6.07) is 13.0. The summed E-state index contributed by atoms with van der Waals surface area (Å²) in [4.78, 5) is 38.2. The number of benzene rings is 2. The summed E-state index contributed by atoms with van der Waals surface area (Å²) < 4.78 is 5.21. The van der Waals surface area contributed by atoms with E-state index in [1.165, 1.54) is 31.5 Å². The van der Waals surface area contributed by atoms with E-state index in [9.17, 15) is 14.4 Å². The number of carbonyl (C=O) groups is 3. The molecular weight excluding hydrogens is 442 g/mol. The second-order valence-electron chi connectivity index (χ2n) is 7.96. The first kappa shape index (κ1) is 24.5. The number of esters is 1. The van der Waals surface area contributed by atoms with Crippen LogP contribution in [0.5, 0.6) is 5.75 Å². The number of nitrogens with one attached hydrogen (secondary N) is 2. The van der Waals surface area contributed by atoms with Crippen LogP contribution < -0.4 is 15.4 Å². The standard InChI is InChI=1S/C25H28ClN3O4/c1-17(30)27-23-16-24(33-18(2)31)21(15-22(23)26)25(32)28-20-10-13-29(14-11-20)12-6-9-19-7-4-3-5-8-19/h3-9,15-16,20H,10-14H2,1-2H3,(H,27,30)(H,28,32). The highest BCUT2D eigenvalue weighted by Crippen LogP contribution is 2.31. The molecule has 2 aromatic rings. The number of likely N-dealkylation sites (tertiary alicyclic amines) is 1. The van der Waals surface area contributed by atoms with Crippen molar-refractivity contribution in [3.8, 4) is 5.75 Å². The van der Waals surface area contributed by atoms with Crippen molar-refractivity contribution in [1.29, 1.82) is 0 Å². The van der Waals surface area contributed by atoms with E-state index in [1.807, 2.05) is 18.2 Å². The lowest BCUT2D eigenvalue weighted by Gasteiger charge is -2.31. The lowest BCUT2D eigenvalue weighted by Crippen LogP contribution is -2.44. The van der Waals surface area contributed by atoms with Crippen molar-refractivity contribution in [2.75, 3.05) is 25.0 Å². The van der Waals surface area contributed by atoms with Crippen LogP contribution in [0.3, 0.4) is 0 Å². The number of anilines is 1. The monoisotopic (exact) mass is 469 g/mol. The molecule has 0 radical (unpaired) electrons. The van der Waals surface area contributed by atoms with Crippen molar-refractivity contribution in [1.82, 2.24) is 10.2 Å². The van der Waals surface area contributed by atoms with Gasteiger partial charge in [-0.05, 0) is 24.5 Å². The normalized spacial score (nSPS) is 14.8. The highest BCUT2D eigenvalue weighted by molar-refractivity contribution is 6.34. The Morgan fingerprint density at radius 1 is 1.12 bits per heavy atom. The zero-order valence-electron chi connectivity index (χ0n) is 18.8. The Morgan fingerprint density at radius 3 is 2.45 bits per heavy atom. The van der Waals surface area contributed by atoms with E-state index in [2.05, 4.69) is 39.8 Å². The number of nitrogens with zero attached hydrogens (tertiary/aromatic N) is 1.